The van der Waals surface area contributed by atoms with E-state index in [9.17, 15) is 0 Å². The van der Waals surface area contributed by atoms with Gasteiger partial charge in [-0.2, -0.15) is 0 Å². The zero-order valence-electron chi connectivity index (χ0n) is 9.96. The third-order valence-corrected chi connectivity index (χ3v) is 4.00. The molecule has 0 aromatic heterocycles. The smallest absolute Gasteiger partial charge is 0.0508 e. The molecule has 0 bridgehead atoms. The minimum absolute atomic E-state index is 0.564. The Labute approximate surface area is 116 Å². The van der Waals surface area contributed by atoms with Crippen LogP contribution in [0.5, 0.6) is 0 Å². The highest BCUT2D eigenvalue weighted by molar-refractivity contribution is 9.10. The summed E-state index contributed by atoms with van der Waals surface area (Å²) < 4.78 is 6.34. The summed E-state index contributed by atoms with van der Waals surface area (Å²) in [5.74, 6) is 1.20. The van der Waals surface area contributed by atoms with Gasteiger partial charge in [0.1, 0.15) is 0 Å². The molecule has 1 saturated heterocycles. The lowest BCUT2D eigenvalue weighted by atomic mass is 10.1. The summed E-state index contributed by atoms with van der Waals surface area (Å²) in [6.45, 7) is 3.00. The minimum Gasteiger partial charge on any atom is -0.384 e. The van der Waals surface area contributed by atoms with Crippen molar-refractivity contribution < 1.29 is 4.74 Å². The van der Waals surface area contributed by atoms with Crippen LogP contribution in [0.1, 0.15) is 12.0 Å². The average Bonchev–Trinajstić information content (AvgIpc) is 2.78. The van der Waals surface area contributed by atoms with Gasteiger partial charge in [-0.1, -0.05) is 22.0 Å². The lowest BCUT2D eigenvalue weighted by molar-refractivity contribution is 0.161. The Balaban J connectivity index is 2.14. The standard InChI is InChI=1S/C13H17BrClNO/c1-17-9-10-4-5-16(8-10)13-6-12(14)3-2-11(13)7-15/h2-3,6,10H,4-5,7-9H2,1H3. The molecule has 0 saturated carbocycles. The Kier molecular flexibility index (Phi) is 4.71. The van der Waals surface area contributed by atoms with Crippen LogP contribution in [-0.4, -0.2) is 26.8 Å². The molecule has 0 amide bonds. The van der Waals surface area contributed by atoms with Crippen LogP contribution in [0.15, 0.2) is 22.7 Å². The number of nitrogens with zero attached hydrogens (tertiary/aromatic N) is 1. The maximum Gasteiger partial charge on any atom is 0.0508 e. The summed E-state index contributed by atoms with van der Waals surface area (Å²) >= 11 is 9.52. The number of rotatable bonds is 4. The molecule has 1 fully saturated rings. The van der Waals surface area contributed by atoms with Crippen LogP contribution in [0.2, 0.25) is 0 Å². The third-order valence-electron chi connectivity index (χ3n) is 3.22. The van der Waals surface area contributed by atoms with Crippen molar-refractivity contribution in [1.82, 2.24) is 0 Å². The van der Waals surface area contributed by atoms with Gasteiger partial charge < -0.3 is 9.64 Å². The number of methoxy groups -OCH3 is 1. The first-order valence-electron chi connectivity index (χ1n) is 5.83. The van der Waals surface area contributed by atoms with E-state index in [0.717, 1.165) is 24.2 Å². The molecule has 2 nitrogen and oxygen atoms in total. The first kappa shape index (κ1) is 13.2. The second-order valence-corrected chi connectivity index (χ2v) is 5.65. The fourth-order valence-corrected chi connectivity index (χ4v) is 2.94. The highest BCUT2D eigenvalue weighted by Gasteiger charge is 2.24. The first-order chi connectivity index (χ1) is 8.24. The fraction of sp³-hybridized carbons (Fsp3) is 0.538. The van der Waals surface area contributed by atoms with Crippen LogP contribution < -0.4 is 4.90 Å². The molecule has 0 spiro atoms. The second kappa shape index (κ2) is 6.07. The number of ether oxygens (including phenoxy) is 1. The number of anilines is 1. The molecule has 1 heterocycles. The van der Waals surface area contributed by atoms with Crippen molar-refractivity contribution in [2.24, 2.45) is 5.92 Å². The van der Waals surface area contributed by atoms with E-state index in [1.165, 1.54) is 17.7 Å². The van der Waals surface area contributed by atoms with Gasteiger partial charge in [0.25, 0.3) is 0 Å². The molecule has 0 aliphatic carbocycles. The Bertz CT molecular complexity index is 386. The van der Waals surface area contributed by atoms with Crippen molar-refractivity contribution in [1.29, 1.82) is 0 Å². The van der Waals surface area contributed by atoms with Gasteiger partial charge in [0, 0.05) is 42.2 Å². The minimum atomic E-state index is 0.564. The normalized spacial score (nSPS) is 19.9. The first-order valence-corrected chi connectivity index (χ1v) is 7.15. The van der Waals surface area contributed by atoms with Crippen molar-refractivity contribution in [3.8, 4) is 0 Å². The van der Waals surface area contributed by atoms with E-state index in [2.05, 4.69) is 33.0 Å². The van der Waals surface area contributed by atoms with E-state index in [0.29, 0.717) is 11.8 Å². The van der Waals surface area contributed by atoms with Crippen LogP contribution in [0, 0.1) is 5.92 Å². The Morgan fingerprint density at radius 1 is 1.53 bits per heavy atom. The average molecular weight is 319 g/mol. The summed E-state index contributed by atoms with van der Waals surface area (Å²) in [5.41, 5.74) is 2.46. The van der Waals surface area contributed by atoms with Crippen molar-refractivity contribution in [2.75, 3.05) is 31.7 Å². The summed E-state index contributed by atoms with van der Waals surface area (Å²) in [5, 5.41) is 0. The van der Waals surface area contributed by atoms with Gasteiger partial charge in [-0.3, -0.25) is 0 Å². The zero-order chi connectivity index (χ0) is 12.3. The number of hydrogen-bond acceptors (Lipinski definition) is 2. The van der Waals surface area contributed by atoms with Crippen LogP contribution in [0.3, 0.4) is 0 Å². The monoisotopic (exact) mass is 317 g/mol. The topological polar surface area (TPSA) is 12.5 Å². The van der Waals surface area contributed by atoms with E-state index in [1.807, 2.05) is 6.07 Å². The maximum absolute atomic E-state index is 5.99. The highest BCUT2D eigenvalue weighted by Crippen LogP contribution is 2.30. The molecule has 1 aliphatic rings. The van der Waals surface area contributed by atoms with Gasteiger partial charge in [0.05, 0.1) is 6.61 Å². The number of benzene rings is 1. The molecule has 4 heteroatoms. The Morgan fingerprint density at radius 2 is 2.35 bits per heavy atom. The zero-order valence-corrected chi connectivity index (χ0v) is 12.3. The SMILES string of the molecule is COCC1CCN(c2cc(Br)ccc2CCl)C1. The van der Waals surface area contributed by atoms with Gasteiger partial charge in [0.15, 0.2) is 0 Å². The van der Waals surface area contributed by atoms with E-state index < -0.39 is 0 Å². The third kappa shape index (κ3) is 3.15. The number of halogens is 2. The van der Waals surface area contributed by atoms with E-state index in [1.54, 1.807) is 7.11 Å². The molecule has 1 unspecified atom stereocenters. The lowest BCUT2D eigenvalue weighted by Crippen LogP contribution is -2.22. The van der Waals surface area contributed by atoms with Gasteiger partial charge in [0.2, 0.25) is 0 Å². The predicted octanol–water partition coefficient (Wildman–Crippen LogP) is 3.66. The quantitative estimate of drug-likeness (QED) is 0.786. The fourth-order valence-electron chi connectivity index (χ4n) is 2.37. The van der Waals surface area contributed by atoms with Crippen molar-refractivity contribution >= 4 is 33.2 Å². The van der Waals surface area contributed by atoms with Gasteiger partial charge >= 0.3 is 0 Å². The van der Waals surface area contributed by atoms with Crippen LogP contribution in [-0.2, 0) is 10.6 Å². The second-order valence-electron chi connectivity index (χ2n) is 4.46. The summed E-state index contributed by atoms with van der Waals surface area (Å²) in [7, 11) is 1.77. The van der Waals surface area contributed by atoms with E-state index >= 15 is 0 Å². The van der Waals surface area contributed by atoms with E-state index in [4.69, 9.17) is 16.3 Å². The molecular formula is C13H17BrClNO. The van der Waals surface area contributed by atoms with E-state index in [-0.39, 0.29) is 0 Å². The molecule has 0 radical (unpaired) electrons. The number of hydrogen-bond donors (Lipinski definition) is 0. The summed E-state index contributed by atoms with van der Waals surface area (Å²) in [6, 6.07) is 6.30. The predicted molar refractivity (Wildman–Crippen MR) is 75.9 cm³/mol. The van der Waals surface area contributed by atoms with Gasteiger partial charge in [-0.25, -0.2) is 0 Å². The molecular weight excluding hydrogens is 302 g/mol. The molecule has 17 heavy (non-hydrogen) atoms. The molecule has 1 aliphatic heterocycles. The van der Waals surface area contributed by atoms with Crippen molar-refractivity contribution in [3.05, 3.63) is 28.2 Å². The maximum atomic E-state index is 5.99. The molecule has 1 atom stereocenters. The van der Waals surface area contributed by atoms with Crippen molar-refractivity contribution in [2.45, 2.75) is 12.3 Å². The Morgan fingerprint density at radius 3 is 3.06 bits per heavy atom. The van der Waals surface area contributed by atoms with Crippen LogP contribution in [0.25, 0.3) is 0 Å². The highest BCUT2D eigenvalue weighted by atomic mass is 79.9. The molecule has 94 valence electrons. The largest absolute Gasteiger partial charge is 0.384 e. The lowest BCUT2D eigenvalue weighted by Gasteiger charge is -2.21. The summed E-state index contributed by atoms with van der Waals surface area (Å²) in [6.07, 6.45) is 1.20. The Hall–Kier alpha value is -0.250. The molecule has 1 aromatic carbocycles. The summed E-state index contributed by atoms with van der Waals surface area (Å²) in [4.78, 5) is 2.41. The molecule has 1 aromatic rings. The van der Waals surface area contributed by atoms with Crippen LogP contribution >= 0.6 is 27.5 Å². The van der Waals surface area contributed by atoms with Crippen LogP contribution in [0.4, 0.5) is 5.69 Å². The molecule has 2 rings (SSSR count). The molecule has 0 N–H and O–H groups in total. The van der Waals surface area contributed by atoms with Gasteiger partial charge in [-0.15, -0.1) is 11.6 Å². The number of alkyl halides is 1. The van der Waals surface area contributed by atoms with Crippen molar-refractivity contribution in [3.63, 3.8) is 0 Å². The van der Waals surface area contributed by atoms with Gasteiger partial charge in [-0.05, 0) is 24.1 Å².